The Kier molecular flexibility index (Phi) is 5.09. The number of carbonyl (C=O) groups excluding carboxylic acids is 1. The van der Waals surface area contributed by atoms with E-state index in [1.165, 1.54) is 32.0 Å². The number of benzene rings is 1. The van der Waals surface area contributed by atoms with Crippen LogP contribution in [0.1, 0.15) is 19.4 Å². The van der Waals surface area contributed by atoms with Crippen molar-refractivity contribution in [1.29, 1.82) is 0 Å². The van der Waals surface area contributed by atoms with Crippen molar-refractivity contribution in [1.82, 2.24) is 10.6 Å². The maximum absolute atomic E-state index is 11.6. The fourth-order valence-electron chi connectivity index (χ4n) is 1.35. The van der Waals surface area contributed by atoms with Gasteiger partial charge in [0.2, 0.25) is 0 Å². The number of nitro benzene ring substituents is 1. The van der Waals surface area contributed by atoms with E-state index in [0.29, 0.717) is 5.56 Å². The standard InChI is InChI=1S/C12H14ClN3O5/c1-12(2,10(17)18)15-11(19)14-6-7-3-4-8(16(20)21)5-9(7)13/h3-5H,6H2,1-2H3,(H,17,18)(H2,14,15,19). The lowest BCUT2D eigenvalue weighted by Crippen LogP contribution is -2.53. The number of carboxylic acids is 1. The van der Waals surface area contributed by atoms with E-state index in [4.69, 9.17) is 16.7 Å². The first-order valence-electron chi connectivity index (χ1n) is 5.85. The molecule has 0 heterocycles. The van der Waals surface area contributed by atoms with Crippen molar-refractivity contribution >= 4 is 29.3 Å². The van der Waals surface area contributed by atoms with Crippen LogP contribution in [0.2, 0.25) is 5.02 Å². The molecule has 0 saturated carbocycles. The molecule has 9 heteroatoms. The monoisotopic (exact) mass is 315 g/mol. The number of nitro groups is 1. The summed E-state index contributed by atoms with van der Waals surface area (Å²) in [5, 5.41) is 24.3. The zero-order valence-electron chi connectivity index (χ0n) is 11.3. The molecule has 0 unspecified atom stereocenters. The molecule has 0 aliphatic heterocycles. The molecule has 8 nitrogen and oxygen atoms in total. The quantitative estimate of drug-likeness (QED) is 0.566. The Morgan fingerprint density at radius 2 is 2.05 bits per heavy atom. The van der Waals surface area contributed by atoms with Crippen LogP contribution < -0.4 is 10.6 Å². The molecule has 0 radical (unpaired) electrons. The third-order valence-corrected chi connectivity index (χ3v) is 3.00. The lowest BCUT2D eigenvalue weighted by Gasteiger charge is -2.21. The third kappa shape index (κ3) is 4.60. The fourth-order valence-corrected chi connectivity index (χ4v) is 1.59. The number of nitrogens with zero attached hydrogens (tertiary/aromatic N) is 1. The molecule has 1 rings (SSSR count). The number of aliphatic carboxylic acids is 1. The second-order valence-electron chi connectivity index (χ2n) is 4.77. The van der Waals surface area contributed by atoms with E-state index in [-0.39, 0.29) is 17.3 Å². The van der Waals surface area contributed by atoms with Gasteiger partial charge in [-0.15, -0.1) is 0 Å². The van der Waals surface area contributed by atoms with E-state index in [9.17, 15) is 19.7 Å². The second kappa shape index (κ2) is 6.40. The van der Waals surface area contributed by atoms with Gasteiger partial charge in [0.1, 0.15) is 5.54 Å². The van der Waals surface area contributed by atoms with Crippen molar-refractivity contribution in [3.05, 3.63) is 38.9 Å². The van der Waals surface area contributed by atoms with Crippen LogP contribution >= 0.6 is 11.6 Å². The van der Waals surface area contributed by atoms with Crippen LogP contribution in [0.15, 0.2) is 18.2 Å². The van der Waals surface area contributed by atoms with Crippen LogP contribution in [0.3, 0.4) is 0 Å². The summed E-state index contributed by atoms with van der Waals surface area (Å²) in [6.45, 7) is 2.69. The SMILES string of the molecule is CC(C)(NC(=O)NCc1ccc([N+](=O)[O-])cc1Cl)C(=O)O. The highest BCUT2D eigenvalue weighted by atomic mass is 35.5. The maximum Gasteiger partial charge on any atom is 0.328 e. The maximum atomic E-state index is 11.6. The van der Waals surface area contributed by atoms with Crippen LogP contribution in [0.5, 0.6) is 0 Å². The van der Waals surface area contributed by atoms with Gasteiger partial charge < -0.3 is 15.7 Å². The summed E-state index contributed by atoms with van der Waals surface area (Å²) in [7, 11) is 0. The third-order valence-electron chi connectivity index (χ3n) is 2.65. The number of carboxylic acid groups (broad SMARTS) is 1. The number of halogens is 1. The van der Waals surface area contributed by atoms with Crippen molar-refractivity contribution in [2.45, 2.75) is 25.9 Å². The molecule has 0 saturated heterocycles. The molecule has 0 aliphatic carbocycles. The Balaban J connectivity index is 2.66. The van der Waals surface area contributed by atoms with E-state index < -0.39 is 22.5 Å². The molecule has 3 N–H and O–H groups in total. The van der Waals surface area contributed by atoms with Crippen molar-refractivity contribution in [2.24, 2.45) is 0 Å². The smallest absolute Gasteiger partial charge is 0.328 e. The van der Waals surface area contributed by atoms with Gasteiger partial charge in [-0.2, -0.15) is 0 Å². The van der Waals surface area contributed by atoms with Crippen LogP contribution in [-0.2, 0) is 11.3 Å². The lowest BCUT2D eigenvalue weighted by molar-refractivity contribution is -0.384. The zero-order valence-corrected chi connectivity index (χ0v) is 12.1. The van der Waals surface area contributed by atoms with Gasteiger partial charge in [0.15, 0.2) is 0 Å². The van der Waals surface area contributed by atoms with Gasteiger partial charge in [-0.1, -0.05) is 11.6 Å². The van der Waals surface area contributed by atoms with E-state index in [2.05, 4.69) is 10.6 Å². The molecule has 0 atom stereocenters. The van der Waals surface area contributed by atoms with Crippen molar-refractivity contribution in [3.63, 3.8) is 0 Å². The molecule has 114 valence electrons. The highest BCUT2D eigenvalue weighted by Crippen LogP contribution is 2.22. The molecule has 2 amide bonds. The van der Waals surface area contributed by atoms with Gasteiger partial charge in [0.05, 0.1) is 9.95 Å². The summed E-state index contributed by atoms with van der Waals surface area (Å²) in [6.07, 6.45) is 0. The molecule has 0 spiro atoms. The summed E-state index contributed by atoms with van der Waals surface area (Å²) in [5.41, 5.74) is -1.09. The molecule has 1 aromatic carbocycles. The Hall–Kier alpha value is -2.35. The second-order valence-corrected chi connectivity index (χ2v) is 5.18. The van der Waals surface area contributed by atoms with E-state index in [1.807, 2.05) is 0 Å². The molecule has 21 heavy (non-hydrogen) atoms. The number of amides is 2. The average Bonchev–Trinajstić information content (AvgIpc) is 2.36. The topological polar surface area (TPSA) is 122 Å². The minimum atomic E-state index is -1.41. The van der Waals surface area contributed by atoms with E-state index in [0.717, 1.165) is 0 Å². The van der Waals surface area contributed by atoms with Gasteiger partial charge in [-0.05, 0) is 25.5 Å². The van der Waals surface area contributed by atoms with Gasteiger partial charge in [0, 0.05) is 18.7 Å². The van der Waals surface area contributed by atoms with Gasteiger partial charge >= 0.3 is 12.0 Å². The Labute approximate surface area is 125 Å². The number of urea groups is 1. The van der Waals surface area contributed by atoms with Crippen LogP contribution in [0.4, 0.5) is 10.5 Å². The number of hydrogen-bond donors (Lipinski definition) is 3. The summed E-state index contributed by atoms with van der Waals surface area (Å²) < 4.78 is 0. The van der Waals surface area contributed by atoms with Crippen molar-refractivity contribution in [3.8, 4) is 0 Å². The molecule has 0 aliphatic rings. The van der Waals surface area contributed by atoms with E-state index >= 15 is 0 Å². The molecule has 0 aromatic heterocycles. The van der Waals surface area contributed by atoms with Crippen LogP contribution in [0, 0.1) is 10.1 Å². The number of nitrogens with one attached hydrogen (secondary N) is 2. The highest BCUT2D eigenvalue weighted by molar-refractivity contribution is 6.31. The summed E-state index contributed by atoms with van der Waals surface area (Å²) >= 11 is 5.87. The summed E-state index contributed by atoms with van der Waals surface area (Å²) in [5.74, 6) is -1.17. The minimum Gasteiger partial charge on any atom is -0.480 e. The first-order valence-corrected chi connectivity index (χ1v) is 6.23. The normalized spacial score (nSPS) is 10.8. The number of non-ortho nitro benzene ring substituents is 1. The average molecular weight is 316 g/mol. The Morgan fingerprint density at radius 1 is 1.43 bits per heavy atom. The molecular formula is C12H14ClN3O5. The lowest BCUT2D eigenvalue weighted by atomic mass is 10.1. The molecular weight excluding hydrogens is 302 g/mol. The molecule has 0 fully saturated rings. The number of rotatable bonds is 5. The van der Waals surface area contributed by atoms with Crippen molar-refractivity contribution < 1.29 is 19.6 Å². The first-order chi connectivity index (χ1) is 9.63. The van der Waals surface area contributed by atoms with E-state index in [1.54, 1.807) is 0 Å². The van der Waals surface area contributed by atoms with Crippen LogP contribution in [-0.4, -0.2) is 27.6 Å². The highest BCUT2D eigenvalue weighted by Gasteiger charge is 2.28. The first kappa shape index (κ1) is 16.7. The summed E-state index contributed by atoms with van der Waals surface area (Å²) in [6, 6.07) is 3.18. The summed E-state index contributed by atoms with van der Waals surface area (Å²) in [4.78, 5) is 32.4. The molecule has 0 bridgehead atoms. The fraction of sp³-hybridized carbons (Fsp3) is 0.333. The Bertz CT molecular complexity index is 588. The van der Waals surface area contributed by atoms with Gasteiger partial charge in [-0.3, -0.25) is 10.1 Å². The van der Waals surface area contributed by atoms with Gasteiger partial charge in [-0.25, -0.2) is 9.59 Å². The van der Waals surface area contributed by atoms with Crippen molar-refractivity contribution in [2.75, 3.05) is 0 Å². The zero-order chi connectivity index (χ0) is 16.2. The predicted molar refractivity (Wildman–Crippen MR) is 75.2 cm³/mol. The van der Waals surface area contributed by atoms with Gasteiger partial charge in [0.25, 0.3) is 5.69 Å². The Morgan fingerprint density at radius 3 is 2.52 bits per heavy atom. The minimum absolute atomic E-state index is 0.0123. The largest absolute Gasteiger partial charge is 0.480 e. The molecule has 1 aromatic rings. The van der Waals surface area contributed by atoms with Crippen LogP contribution in [0.25, 0.3) is 0 Å². The number of hydrogen-bond acceptors (Lipinski definition) is 4. The predicted octanol–water partition coefficient (Wildman–Crippen LogP) is 1.91. The number of carbonyl (C=O) groups is 2.